The van der Waals surface area contributed by atoms with Gasteiger partial charge in [0.1, 0.15) is 5.69 Å². The summed E-state index contributed by atoms with van der Waals surface area (Å²) in [5, 5.41) is 8.36. The van der Waals surface area contributed by atoms with Gasteiger partial charge in [0.25, 0.3) is 5.91 Å². The summed E-state index contributed by atoms with van der Waals surface area (Å²) >= 11 is 1.62. The van der Waals surface area contributed by atoms with Crippen LogP contribution in [0.2, 0.25) is 0 Å². The van der Waals surface area contributed by atoms with Crippen molar-refractivity contribution in [1.82, 2.24) is 20.4 Å². The Morgan fingerprint density at radius 3 is 2.78 bits per heavy atom. The first kappa shape index (κ1) is 20.8. The number of carbonyl (C=O) groups is 1. The molecule has 0 atom stereocenters. The zero-order chi connectivity index (χ0) is 21.9. The van der Waals surface area contributed by atoms with Gasteiger partial charge in [-0.25, -0.2) is 4.98 Å². The van der Waals surface area contributed by atoms with Gasteiger partial charge in [-0.3, -0.25) is 9.69 Å². The first-order valence-electron chi connectivity index (χ1n) is 11.0. The lowest BCUT2D eigenvalue weighted by Gasteiger charge is -2.31. The third-order valence-electron chi connectivity index (χ3n) is 6.02. The topological polar surface area (TPSA) is 71.3 Å². The van der Waals surface area contributed by atoms with Crippen molar-refractivity contribution in [2.24, 2.45) is 5.92 Å². The van der Waals surface area contributed by atoms with Gasteiger partial charge in [-0.15, -0.1) is 11.3 Å². The normalized spacial score (nSPS) is 15.3. The minimum atomic E-state index is -0.00418. The zero-order valence-electron chi connectivity index (χ0n) is 18.1. The quantitative estimate of drug-likeness (QED) is 0.456. The van der Waals surface area contributed by atoms with E-state index in [1.54, 1.807) is 11.3 Å². The molecule has 164 valence electrons. The van der Waals surface area contributed by atoms with E-state index in [2.05, 4.69) is 20.4 Å². The van der Waals surface area contributed by atoms with Crippen molar-refractivity contribution in [2.45, 2.75) is 26.3 Å². The number of aromatic nitrogens is 2. The molecule has 0 radical (unpaired) electrons. The van der Waals surface area contributed by atoms with E-state index in [1.807, 2.05) is 61.5 Å². The number of carbonyl (C=O) groups excluding carboxylic acids is 1. The highest BCUT2D eigenvalue weighted by Crippen LogP contribution is 2.24. The first-order chi connectivity index (χ1) is 15.6. The summed E-state index contributed by atoms with van der Waals surface area (Å²) in [5.41, 5.74) is 3.61. The van der Waals surface area contributed by atoms with Gasteiger partial charge in [-0.1, -0.05) is 35.5 Å². The van der Waals surface area contributed by atoms with E-state index in [0.29, 0.717) is 18.0 Å². The van der Waals surface area contributed by atoms with E-state index in [0.717, 1.165) is 64.7 Å². The molecule has 3 heterocycles. The van der Waals surface area contributed by atoms with Crippen LogP contribution in [0.15, 0.2) is 59.1 Å². The molecule has 1 aliphatic heterocycles. The minimum Gasteiger partial charge on any atom is -0.359 e. The highest BCUT2D eigenvalue weighted by molar-refractivity contribution is 7.18. The molecule has 7 heteroatoms. The number of amides is 1. The Morgan fingerprint density at radius 1 is 1.16 bits per heavy atom. The number of benzene rings is 2. The second-order valence-electron chi connectivity index (χ2n) is 8.39. The third kappa shape index (κ3) is 4.74. The van der Waals surface area contributed by atoms with Crippen LogP contribution < -0.4 is 5.32 Å². The molecule has 1 fully saturated rings. The van der Waals surface area contributed by atoms with Gasteiger partial charge in [-0.05, 0) is 57.0 Å². The number of likely N-dealkylation sites (tertiary alicyclic amines) is 1. The lowest BCUT2D eigenvalue weighted by atomic mass is 9.96. The maximum atomic E-state index is 12.6. The zero-order valence-corrected chi connectivity index (χ0v) is 18.9. The van der Waals surface area contributed by atoms with Crippen LogP contribution in [0.1, 0.15) is 34.0 Å². The largest absolute Gasteiger partial charge is 0.359 e. The molecular formula is C25H26N4O2S. The maximum Gasteiger partial charge on any atom is 0.251 e. The Morgan fingerprint density at radius 2 is 1.97 bits per heavy atom. The van der Waals surface area contributed by atoms with Crippen molar-refractivity contribution >= 4 is 27.5 Å². The van der Waals surface area contributed by atoms with Crippen molar-refractivity contribution in [3.8, 4) is 11.3 Å². The van der Waals surface area contributed by atoms with Crippen LogP contribution in [0.4, 0.5) is 0 Å². The fraction of sp³-hybridized carbons (Fsp3) is 0.320. The lowest BCUT2D eigenvalue weighted by Crippen LogP contribution is -2.38. The van der Waals surface area contributed by atoms with Crippen LogP contribution in [0.25, 0.3) is 21.5 Å². The van der Waals surface area contributed by atoms with Crippen LogP contribution in [0.3, 0.4) is 0 Å². The second-order valence-corrected chi connectivity index (χ2v) is 9.62. The number of fused-ring (bicyclic) bond motifs is 1. The molecular weight excluding hydrogens is 420 g/mol. The molecule has 2 aromatic carbocycles. The predicted molar refractivity (Wildman–Crippen MR) is 127 cm³/mol. The summed E-state index contributed by atoms with van der Waals surface area (Å²) in [6.45, 7) is 5.46. The molecule has 1 aliphatic rings. The molecule has 1 N–H and O–H groups in total. The van der Waals surface area contributed by atoms with E-state index >= 15 is 0 Å². The summed E-state index contributed by atoms with van der Waals surface area (Å²) in [6, 6.07) is 17.9. The summed E-state index contributed by atoms with van der Waals surface area (Å²) in [4.78, 5) is 19.5. The van der Waals surface area contributed by atoms with E-state index in [1.165, 1.54) is 0 Å². The van der Waals surface area contributed by atoms with Crippen LogP contribution in [0, 0.1) is 12.8 Å². The molecule has 0 spiro atoms. The number of rotatable bonds is 6. The van der Waals surface area contributed by atoms with Crippen molar-refractivity contribution in [2.75, 3.05) is 19.6 Å². The molecule has 32 heavy (non-hydrogen) atoms. The Hall–Kier alpha value is -3.03. The molecule has 0 aliphatic carbocycles. The maximum absolute atomic E-state index is 12.6. The number of aryl methyl sites for hydroxylation is 1. The van der Waals surface area contributed by atoms with Crippen LogP contribution in [0.5, 0.6) is 0 Å². The van der Waals surface area contributed by atoms with Crippen molar-refractivity contribution in [1.29, 1.82) is 0 Å². The molecule has 0 saturated carbocycles. The number of hydrogen-bond donors (Lipinski definition) is 1. The van der Waals surface area contributed by atoms with Crippen molar-refractivity contribution in [3.05, 3.63) is 70.9 Å². The van der Waals surface area contributed by atoms with Gasteiger partial charge in [0.15, 0.2) is 5.76 Å². The number of nitrogens with one attached hydrogen (secondary N) is 1. The van der Waals surface area contributed by atoms with Gasteiger partial charge < -0.3 is 9.84 Å². The lowest BCUT2D eigenvalue weighted by molar-refractivity contribution is 0.0934. The second kappa shape index (κ2) is 9.22. The van der Waals surface area contributed by atoms with Crippen LogP contribution in [-0.4, -0.2) is 40.6 Å². The summed E-state index contributed by atoms with van der Waals surface area (Å²) < 4.78 is 6.62. The van der Waals surface area contributed by atoms with Crippen molar-refractivity contribution < 1.29 is 9.32 Å². The Labute approximate surface area is 191 Å². The molecule has 0 unspecified atom stereocenters. The van der Waals surface area contributed by atoms with Crippen LogP contribution >= 0.6 is 11.3 Å². The SMILES string of the molecule is Cc1nc2ccc(C(=O)NCC3CCN(Cc4cc(-c5ccccc5)no4)CC3)cc2s1. The summed E-state index contributed by atoms with van der Waals surface area (Å²) in [6.07, 6.45) is 2.13. The van der Waals surface area contributed by atoms with Gasteiger partial charge in [0.2, 0.25) is 0 Å². The fourth-order valence-electron chi connectivity index (χ4n) is 4.22. The van der Waals surface area contributed by atoms with Crippen molar-refractivity contribution in [3.63, 3.8) is 0 Å². The predicted octanol–water partition coefficient (Wildman–Crippen LogP) is 4.90. The Kier molecular flexibility index (Phi) is 6.01. The smallest absolute Gasteiger partial charge is 0.251 e. The molecule has 6 nitrogen and oxygen atoms in total. The number of thiazole rings is 1. The van der Waals surface area contributed by atoms with E-state index < -0.39 is 0 Å². The molecule has 1 saturated heterocycles. The highest BCUT2D eigenvalue weighted by Gasteiger charge is 2.21. The summed E-state index contributed by atoms with van der Waals surface area (Å²) in [5.74, 6) is 1.39. The average Bonchev–Trinajstić information content (AvgIpc) is 3.44. The van der Waals surface area contributed by atoms with Gasteiger partial charge in [-0.2, -0.15) is 0 Å². The molecule has 4 aromatic rings. The number of nitrogens with zero attached hydrogens (tertiary/aromatic N) is 3. The van der Waals surface area contributed by atoms with Gasteiger partial charge in [0, 0.05) is 23.7 Å². The van der Waals surface area contributed by atoms with E-state index in [4.69, 9.17) is 4.52 Å². The average molecular weight is 447 g/mol. The third-order valence-corrected chi connectivity index (χ3v) is 6.96. The van der Waals surface area contributed by atoms with Gasteiger partial charge >= 0.3 is 0 Å². The molecule has 1 amide bonds. The van der Waals surface area contributed by atoms with Crippen LogP contribution in [-0.2, 0) is 6.54 Å². The Bertz CT molecular complexity index is 1210. The number of hydrogen-bond acceptors (Lipinski definition) is 6. The summed E-state index contributed by atoms with van der Waals surface area (Å²) in [7, 11) is 0. The monoisotopic (exact) mass is 446 g/mol. The first-order valence-corrected chi connectivity index (χ1v) is 11.8. The Balaban J connectivity index is 1.09. The number of piperidine rings is 1. The van der Waals surface area contributed by atoms with Gasteiger partial charge in [0.05, 0.1) is 21.8 Å². The fourth-order valence-corrected chi connectivity index (χ4v) is 5.09. The van der Waals surface area contributed by atoms with E-state index in [-0.39, 0.29) is 5.91 Å². The standard InChI is InChI=1S/C25H26N4O2S/c1-17-27-22-8-7-20(13-24(22)32-17)25(30)26-15-18-9-11-29(12-10-18)16-21-14-23(28-31-21)19-5-3-2-4-6-19/h2-8,13-14,18H,9-12,15-16H2,1H3,(H,26,30). The minimum absolute atomic E-state index is 0.00418. The van der Waals surface area contributed by atoms with E-state index in [9.17, 15) is 4.79 Å². The molecule has 5 rings (SSSR count). The molecule has 0 bridgehead atoms. The molecule has 2 aromatic heterocycles. The highest BCUT2D eigenvalue weighted by atomic mass is 32.1.